The summed E-state index contributed by atoms with van der Waals surface area (Å²) in [6, 6.07) is 7.45. The van der Waals surface area contributed by atoms with Gasteiger partial charge in [0.1, 0.15) is 0 Å². The second-order valence-electron chi connectivity index (χ2n) is 9.59. The summed E-state index contributed by atoms with van der Waals surface area (Å²) in [6.45, 7) is 5.82. The fourth-order valence-corrected chi connectivity index (χ4v) is 4.46. The molecule has 3 N–H and O–H groups in total. The van der Waals surface area contributed by atoms with Gasteiger partial charge in [0.25, 0.3) is 0 Å². The number of anilines is 2. The molecule has 1 unspecified atom stereocenters. The Morgan fingerprint density at radius 3 is 2.54 bits per heavy atom. The maximum Gasteiger partial charge on any atom is 0.228 e. The number of rotatable bonds is 8. The summed E-state index contributed by atoms with van der Waals surface area (Å²) in [4.78, 5) is 23.6. The molecule has 4 heterocycles. The van der Waals surface area contributed by atoms with Gasteiger partial charge in [-0.05, 0) is 64.2 Å². The number of hydrogen-bond acceptors (Lipinski definition) is 8. The summed E-state index contributed by atoms with van der Waals surface area (Å²) in [5.41, 5.74) is 3.98. The van der Waals surface area contributed by atoms with E-state index in [1.54, 1.807) is 19.4 Å². The maximum absolute atomic E-state index is 12.8. The van der Waals surface area contributed by atoms with Crippen LogP contribution in [0.15, 0.2) is 42.9 Å². The van der Waals surface area contributed by atoms with E-state index in [0.29, 0.717) is 30.2 Å². The number of ether oxygens (including phenoxy) is 1. The van der Waals surface area contributed by atoms with Gasteiger partial charge in [-0.25, -0.2) is 24.0 Å². The van der Waals surface area contributed by atoms with Gasteiger partial charge in [0, 0.05) is 42.4 Å². The van der Waals surface area contributed by atoms with E-state index >= 15 is 0 Å². The molecule has 5 rings (SSSR count). The van der Waals surface area contributed by atoms with E-state index in [-0.39, 0.29) is 6.04 Å². The number of nitrogens with zero attached hydrogens (tertiary/aromatic N) is 6. The Morgan fingerprint density at radius 1 is 1.15 bits per heavy atom. The lowest BCUT2D eigenvalue weighted by molar-refractivity contribution is -0.110. The first-order valence-electron chi connectivity index (χ1n) is 12.9. The van der Waals surface area contributed by atoms with Crippen LogP contribution in [0.3, 0.4) is 0 Å². The lowest BCUT2D eigenvalue weighted by atomic mass is 9.85. The number of aryl methyl sites for hydroxylation is 2. The van der Waals surface area contributed by atoms with Gasteiger partial charge in [-0.15, -0.1) is 0 Å². The minimum absolute atomic E-state index is 0.108. The standard InChI is InChI=1S/C16H23N5O.C11H11FN4O/c1-10-8-14(12-4-6-13(22-3)7-5-12)18-16(17-10)19-15-9-11(2)20-21-15;1-8(14-7-17)9-2-3-11(13-4-9)16-6-10(12)5-15-16/h8-9,12-13H,4-7H2,1-3H3,(H2,17,18,19,20,21);2-8H,1H3,(H,14,17). The zero-order chi connectivity index (χ0) is 27.8. The van der Waals surface area contributed by atoms with E-state index in [1.165, 1.54) is 10.9 Å². The lowest BCUT2D eigenvalue weighted by Gasteiger charge is -2.27. The highest BCUT2D eigenvalue weighted by atomic mass is 19.1. The van der Waals surface area contributed by atoms with E-state index in [4.69, 9.17) is 9.72 Å². The second kappa shape index (κ2) is 13.1. The van der Waals surface area contributed by atoms with Crippen molar-refractivity contribution in [3.05, 3.63) is 71.3 Å². The third-order valence-corrected chi connectivity index (χ3v) is 6.62. The van der Waals surface area contributed by atoms with Gasteiger partial charge in [0.2, 0.25) is 12.4 Å². The largest absolute Gasteiger partial charge is 0.381 e. The Kier molecular flexibility index (Phi) is 9.31. The number of hydrogen-bond donors (Lipinski definition) is 3. The van der Waals surface area contributed by atoms with Crippen molar-refractivity contribution >= 4 is 18.2 Å². The Bertz CT molecular complexity index is 1350. The van der Waals surface area contributed by atoms with E-state index in [0.717, 1.165) is 60.3 Å². The van der Waals surface area contributed by atoms with E-state index in [9.17, 15) is 9.18 Å². The summed E-state index contributed by atoms with van der Waals surface area (Å²) in [5.74, 6) is 1.98. The topological polar surface area (TPSA) is 136 Å². The minimum atomic E-state index is -0.410. The predicted molar refractivity (Wildman–Crippen MR) is 144 cm³/mol. The highest BCUT2D eigenvalue weighted by Crippen LogP contribution is 2.33. The van der Waals surface area contributed by atoms with Crippen LogP contribution in [0.4, 0.5) is 16.2 Å². The van der Waals surface area contributed by atoms with Crippen molar-refractivity contribution in [3.63, 3.8) is 0 Å². The molecule has 1 aliphatic carbocycles. The Labute approximate surface area is 226 Å². The summed E-state index contributed by atoms with van der Waals surface area (Å²) >= 11 is 0. The van der Waals surface area contributed by atoms with Gasteiger partial charge in [-0.3, -0.25) is 9.89 Å². The van der Waals surface area contributed by atoms with Crippen LogP contribution in [-0.2, 0) is 9.53 Å². The fourth-order valence-electron chi connectivity index (χ4n) is 4.46. The number of amides is 1. The lowest BCUT2D eigenvalue weighted by Crippen LogP contribution is -2.20. The van der Waals surface area contributed by atoms with Gasteiger partial charge in [0.05, 0.1) is 24.5 Å². The van der Waals surface area contributed by atoms with E-state index in [1.807, 2.05) is 32.9 Å². The molecule has 1 aliphatic rings. The molecule has 0 spiro atoms. The Hall–Kier alpha value is -4.19. The molecule has 12 heteroatoms. The molecule has 0 aliphatic heterocycles. The van der Waals surface area contributed by atoms with Crippen LogP contribution in [0.25, 0.3) is 5.82 Å². The first-order chi connectivity index (χ1) is 18.8. The van der Waals surface area contributed by atoms with Crippen LogP contribution < -0.4 is 10.6 Å². The second-order valence-corrected chi connectivity index (χ2v) is 9.59. The normalized spacial score (nSPS) is 17.6. The van der Waals surface area contributed by atoms with Crippen molar-refractivity contribution in [2.75, 3.05) is 12.4 Å². The van der Waals surface area contributed by atoms with E-state index < -0.39 is 5.82 Å². The fraction of sp³-hybridized carbons (Fsp3) is 0.407. The van der Waals surface area contributed by atoms with Crippen molar-refractivity contribution in [1.29, 1.82) is 0 Å². The van der Waals surface area contributed by atoms with Crippen LogP contribution in [0, 0.1) is 19.7 Å². The summed E-state index contributed by atoms with van der Waals surface area (Å²) in [5, 5.41) is 16.7. The molecular formula is C27H34FN9O2. The molecule has 4 aromatic heterocycles. The van der Waals surface area contributed by atoms with Gasteiger partial charge in [-0.2, -0.15) is 10.2 Å². The third kappa shape index (κ3) is 7.66. The van der Waals surface area contributed by atoms with Gasteiger partial charge in [0.15, 0.2) is 17.5 Å². The van der Waals surface area contributed by atoms with Crippen molar-refractivity contribution in [2.24, 2.45) is 0 Å². The van der Waals surface area contributed by atoms with E-state index in [2.05, 4.69) is 42.0 Å². The quantitative estimate of drug-likeness (QED) is 0.282. The molecule has 39 heavy (non-hydrogen) atoms. The number of pyridine rings is 1. The highest BCUT2D eigenvalue weighted by Gasteiger charge is 2.23. The number of methoxy groups -OCH3 is 1. The molecule has 0 radical (unpaired) electrons. The average molecular weight is 536 g/mol. The number of carbonyl (C=O) groups excluding carboxylic acids is 1. The summed E-state index contributed by atoms with van der Waals surface area (Å²) in [7, 11) is 1.80. The van der Waals surface area contributed by atoms with Gasteiger partial charge in [-0.1, -0.05) is 6.07 Å². The molecule has 0 bridgehead atoms. The molecule has 11 nitrogen and oxygen atoms in total. The molecule has 4 aromatic rings. The van der Waals surface area contributed by atoms with Crippen LogP contribution in [0.1, 0.15) is 67.2 Å². The number of halogens is 1. The SMILES string of the molecule is CC(NC=O)c1ccc(-n2cc(F)cn2)nc1.COC1CCC(c2cc(C)nc(Nc3cc(C)[nH]n3)n2)CC1. The van der Waals surface area contributed by atoms with Gasteiger partial charge < -0.3 is 15.4 Å². The minimum Gasteiger partial charge on any atom is -0.381 e. The zero-order valence-electron chi connectivity index (χ0n) is 22.6. The Balaban J connectivity index is 0.000000187. The average Bonchev–Trinajstić information content (AvgIpc) is 3.56. The van der Waals surface area contributed by atoms with Crippen molar-refractivity contribution < 1.29 is 13.9 Å². The molecule has 0 saturated heterocycles. The van der Waals surface area contributed by atoms with Crippen LogP contribution >= 0.6 is 0 Å². The molecular weight excluding hydrogens is 501 g/mol. The molecule has 1 amide bonds. The molecule has 1 atom stereocenters. The molecule has 1 saturated carbocycles. The molecule has 1 fully saturated rings. The number of H-pyrrole nitrogens is 1. The molecule has 206 valence electrons. The number of carbonyl (C=O) groups is 1. The summed E-state index contributed by atoms with van der Waals surface area (Å²) in [6.07, 6.45) is 9.48. The maximum atomic E-state index is 12.8. The smallest absolute Gasteiger partial charge is 0.228 e. The van der Waals surface area contributed by atoms with Crippen LogP contribution in [0.5, 0.6) is 0 Å². The van der Waals surface area contributed by atoms with Crippen LogP contribution in [-0.4, -0.2) is 54.6 Å². The van der Waals surface area contributed by atoms with Crippen molar-refractivity contribution in [1.82, 2.24) is 40.2 Å². The number of aromatic amines is 1. The third-order valence-electron chi connectivity index (χ3n) is 6.62. The first kappa shape index (κ1) is 27.8. The van der Waals surface area contributed by atoms with Crippen LogP contribution in [0.2, 0.25) is 0 Å². The molecule has 0 aromatic carbocycles. The zero-order valence-corrected chi connectivity index (χ0v) is 22.6. The Morgan fingerprint density at radius 2 is 1.95 bits per heavy atom. The highest BCUT2D eigenvalue weighted by molar-refractivity contribution is 5.48. The summed E-state index contributed by atoms with van der Waals surface area (Å²) < 4.78 is 19.6. The monoisotopic (exact) mass is 535 g/mol. The number of aromatic nitrogens is 7. The predicted octanol–water partition coefficient (Wildman–Crippen LogP) is 4.45. The van der Waals surface area contributed by atoms with Gasteiger partial charge >= 0.3 is 0 Å². The first-order valence-corrected chi connectivity index (χ1v) is 12.9. The number of nitrogens with one attached hydrogen (secondary N) is 3. The van der Waals surface area contributed by atoms with Crippen molar-refractivity contribution in [3.8, 4) is 5.82 Å². The van der Waals surface area contributed by atoms with Crippen molar-refractivity contribution in [2.45, 2.75) is 64.5 Å².